The summed E-state index contributed by atoms with van der Waals surface area (Å²) in [5.41, 5.74) is 5.01. The second kappa shape index (κ2) is 1.11. The zero-order valence-corrected chi connectivity index (χ0v) is 3.46. The smallest absolute Gasteiger partial charge is 0.265 e. The van der Waals surface area contributed by atoms with E-state index in [4.69, 9.17) is 11.6 Å². The van der Waals surface area contributed by atoms with Crippen molar-refractivity contribution in [3.8, 4) is 0 Å². The van der Waals surface area contributed by atoms with Crippen LogP contribution in [0, 0.1) is 0 Å². The lowest BCUT2D eigenvalue weighted by molar-refractivity contribution is -0.679. The summed E-state index contributed by atoms with van der Waals surface area (Å²) in [6.07, 6.45) is 1.25. The monoisotopic (exact) mass is 100 g/mol. The molecule has 0 aliphatic carbocycles. The Bertz CT molecular complexity index is 142. The SMILES string of the molecule is [NH-][n+]1cc(N)on1. The van der Waals surface area contributed by atoms with Gasteiger partial charge in [-0.2, -0.15) is 0 Å². The van der Waals surface area contributed by atoms with Gasteiger partial charge in [0.2, 0.25) is 0 Å². The number of nitrogen functional groups attached to an aromatic ring is 1. The molecule has 0 unspecified atom stereocenters. The maximum Gasteiger partial charge on any atom is 0.265 e. The second-order valence-corrected chi connectivity index (χ2v) is 1.05. The van der Waals surface area contributed by atoms with Crippen LogP contribution >= 0.6 is 0 Å². The fourth-order valence-corrected chi connectivity index (χ4v) is 0.259. The molecule has 38 valence electrons. The summed E-state index contributed by atoms with van der Waals surface area (Å²) in [4.78, 5) is 0.745. The van der Waals surface area contributed by atoms with Crippen molar-refractivity contribution in [3.63, 3.8) is 0 Å². The molecule has 5 nitrogen and oxygen atoms in total. The molecular formula is C2H4N4O. The number of anilines is 1. The Morgan fingerprint density at radius 1 is 2.00 bits per heavy atom. The zero-order chi connectivity index (χ0) is 5.28. The Labute approximate surface area is 39.4 Å². The van der Waals surface area contributed by atoms with Gasteiger partial charge in [-0.05, 0) is 5.27 Å². The minimum atomic E-state index is 0.148. The molecule has 0 bridgehead atoms. The minimum Gasteiger partial charge on any atom is -0.382 e. The van der Waals surface area contributed by atoms with E-state index in [2.05, 4.69) is 9.79 Å². The van der Waals surface area contributed by atoms with Crippen molar-refractivity contribution in [2.24, 2.45) is 0 Å². The van der Waals surface area contributed by atoms with Crippen molar-refractivity contribution in [1.82, 2.24) is 5.27 Å². The van der Waals surface area contributed by atoms with Gasteiger partial charge >= 0.3 is 0 Å². The Balaban J connectivity index is 3.04. The summed E-state index contributed by atoms with van der Waals surface area (Å²) < 4.78 is 4.27. The molecule has 0 fully saturated rings. The predicted molar refractivity (Wildman–Crippen MR) is 20.8 cm³/mol. The molecule has 0 aromatic carbocycles. The van der Waals surface area contributed by atoms with Crippen LogP contribution in [-0.2, 0) is 0 Å². The largest absolute Gasteiger partial charge is 0.382 e. The van der Waals surface area contributed by atoms with Crippen LogP contribution in [0.25, 0.3) is 5.84 Å². The number of hydrogen-bond acceptors (Lipinski definition) is 3. The van der Waals surface area contributed by atoms with E-state index < -0.39 is 0 Å². The van der Waals surface area contributed by atoms with Gasteiger partial charge in [0, 0.05) is 0 Å². The van der Waals surface area contributed by atoms with Gasteiger partial charge in [-0.1, -0.05) is 4.79 Å². The third kappa shape index (κ3) is 0.594. The van der Waals surface area contributed by atoms with Gasteiger partial charge in [-0.25, -0.2) is 5.84 Å². The van der Waals surface area contributed by atoms with Crippen LogP contribution in [0.1, 0.15) is 0 Å². The van der Waals surface area contributed by atoms with E-state index in [-0.39, 0.29) is 5.88 Å². The van der Waals surface area contributed by atoms with Crippen LogP contribution < -0.4 is 10.5 Å². The molecule has 0 amide bonds. The van der Waals surface area contributed by atoms with E-state index in [0.717, 1.165) is 4.79 Å². The number of nitrogens with zero attached hydrogens (tertiary/aromatic N) is 2. The molecule has 0 radical (unpaired) electrons. The topological polar surface area (TPSA) is 79.7 Å². The third-order valence-electron chi connectivity index (χ3n) is 0.484. The number of nitrogens with two attached hydrogens (primary N) is 1. The number of nitrogens with one attached hydrogen (secondary N) is 1. The van der Waals surface area contributed by atoms with E-state index in [1.165, 1.54) is 6.20 Å². The lowest BCUT2D eigenvalue weighted by Gasteiger charge is -1.69. The summed E-state index contributed by atoms with van der Waals surface area (Å²) in [5.74, 6) is 6.80. The van der Waals surface area contributed by atoms with Crippen LogP contribution in [-0.4, -0.2) is 5.27 Å². The quantitative estimate of drug-likeness (QED) is 0.440. The lowest BCUT2D eigenvalue weighted by atomic mass is 10.8. The third-order valence-corrected chi connectivity index (χ3v) is 0.484. The van der Waals surface area contributed by atoms with Crippen LogP contribution in [0.5, 0.6) is 0 Å². The van der Waals surface area contributed by atoms with Crippen molar-refractivity contribution in [1.29, 1.82) is 0 Å². The Kier molecular flexibility index (Phi) is 0.619. The Hall–Kier alpha value is -1.26. The average molecular weight is 100 g/mol. The Morgan fingerprint density at radius 2 is 2.71 bits per heavy atom. The van der Waals surface area contributed by atoms with Crippen molar-refractivity contribution >= 4 is 5.88 Å². The number of hydrogen-bond donors (Lipinski definition) is 1. The van der Waals surface area contributed by atoms with Crippen molar-refractivity contribution in [2.45, 2.75) is 0 Å². The first-order valence-electron chi connectivity index (χ1n) is 1.65. The molecule has 0 spiro atoms. The van der Waals surface area contributed by atoms with Crippen LogP contribution in [0.15, 0.2) is 10.7 Å². The summed E-state index contributed by atoms with van der Waals surface area (Å²) in [5, 5.41) is 3.10. The van der Waals surface area contributed by atoms with Gasteiger partial charge < -0.3 is 10.3 Å². The maximum atomic E-state index is 6.65. The van der Waals surface area contributed by atoms with Crippen molar-refractivity contribution in [2.75, 3.05) is 5.73 Å². The first-order valence-corrected chi connectivity index (χ1v) is 1.65. The van der Waals surface area contributed by atoms with Gasteiger partial charge in [-0.3, -0.25) is 0 Å². The highest BCUT2D eigenvalue weighted by molar-refractivity contribution is 5.11. The minimum absolute atomic E-state index is 0.148. The zero-order valence-electron chi connectivity index (χ0n) is 3.46. The van der Waals surface area contributed by atoms with Crippen molar-refractivity contribution in [3.05, 3.63) is 12.0 Å². The van der Waals surface area contributed by atoms with E-state index in [0.29, 0.717) is 0 Å². The summed E-state index contributed by atoms with van der Waals surface area (Å²) in [6, 6.07) is 0. The average Bonchev–Trinajstić information content (AvgIpc) is 1.87. The maximum absolute atomic E-state index is 6.65. The van der Waals surface area contributed by atoms with Gasteiger partial charge in [0.1, 0.15) is 0 Å². The standard InChI is InChI=1S/C2H4N4O/c3-2-1-6(4)5-7-2/h1,4H,3H2. The molecule has 3 N–H and O–H groups in total. The van der Waals surface area contributed by atoms with Gasteiger partial charge in [0.25, 0.3) is 12.1 Å². The molecule has 0 saturated heterocycles. The molecule has 7 heavy (non-hydrogen) atoms. The highest BCUT2D eigenvalue weighted by atomic mass is 16.5. The fraction of sp³-hybridized carbons (Fsp3) is 0. The van der Waals surface area contributed by atoms with Gasteiger partial charge in [0.05, 0.1) is 0 Å². The molecule has 0 aliphatic heterocycles. The van der Waals surface area contributed by atoms with Crippen LogP contribution in [0.3, 0.4) is 0 Å². The molecule has 0 aliphatic rings. The highest BCUT2D eigenvalue weighted by Gasteiger charge is 1.90. The number of aromatic nitrogens is 2. The molecule has 0 atom stereocenters. The van der Waals surface area contributed by atoms with Crippen molar-refractivity contribution < 1.29 is 9.31 Å². The van der Waals surface area contributed by atoms with Crippen LogP contribution in [0.4, 0.5) is 5.88 Å². The lowest BCUT2D eigenvalue weighted by Crippen LogP contribution is -2.22. The number of rotatable bonds is 0. The second-order valence-electron chi connectivity index (χ2n) is 1.05. The summed E-state index contributed by atoms with van der Waals surface area (Å²) >= 11 is 0. The molecule has 1 rings (SSSR count). The molecule has 1 aromatic heterocycles. The van der Waals surface area contributed by atoms with E-state index in [9.17, 15) is 0 Å². The highest BCUT2D eigenvalue weighted by Crippen LogP contribution is 1.87. The Morgan fingerprint density at radius 3 is 2.86 bits per heavy atom. The molecule has 1 aromatic rings. The predicted octanol–water partition coefficient (Wildman–Crippen LogP) is -0.640. The van der Waals surface area contributed by atoms with E-state index in [1.54, 1.807) is 0 Å². The molecular weight excluding hydrogens is 96.0 g/mol. The van der Waals surface area contributed by atoms with Gasteiger partial charge in [0.15, 0.2) is 0 Å². The fourth-order valence-electron chi connectivity index (χ4n) is 0.259. The normalized spacial score (nSPS) is 9.14. The molecule has 1 heterocycles. The molecule has 0 saturated carbocycles. The first-order chi connectivity index (χ1) is 3.29. The summed E-state index contributed by atoms with van der Waals surface area (Å²) in [7, 11) is 0. The summed E-state index contributed by atoms with van der Waals surface area (Å²) in [6.45, 7) is 0. The molecule has 5 heteroatoms. The first kappa shape index (κ1) is 3.91. The van der Waals surface area contributed by atoms with E-state index in [1.807, 2.05) is 0 Å². The van der Waals surface area contributed by atoms with Crippen LogP contribution in [0.2, 0.25) is 0 Å². The van der Waals surface area contributed by atoms with E-state index >= 15 is 0 Å². The van der Waals surface area contributed by atoms with Gasteiger partial charge in [-0.15, -0.1) is 0 Å².